The monoisotopic (exact) mass is 387 g/mol. The largest absolute Gasteiger partial charge is 0.343 e. The van der Waals surface area contributed by atoms with Gasteiger partial charge in [0, 0.05) is 5.69 Å². The van der Waals surface area contributed by atoms with Gasteiger partial charge >= 0.3 is 6.03 Å². The van der Waals surface area contributed by atoms with Crippen molar-refractivity contribution < 1.29 is 9.63 Å². The second-order valence-corrected chi connectivity index (χ2v) is 6.25. The minimum atomic E-state index is -0.547. The number of benzene rings is 2. The molecule has 0 saturated heterocycles. The summed E-state index contributed by atoms with van der Waals surface area (Å²) in [6.07, 6.45) is 0. The number of anilines is 1. The number of hydroxylamine groups is 1. The lowest BCUT2D eigenvalue weighted by Gasteiger charge is -2.17. The molecule has 2 aromatic carbocycles. The number of hydrogen-bond acceptors (Lipinski definition) is 5. The zero-order chi connectivity index (χ0) is 19.6. The maximum Gasteiger partial charge on any atom is 0.343 e. The summed E-state index contributed by atoms with van der Waals surface area (Å²) in [6, 6.07) is 10.8. The lowest BCUT2D eigenvalue weighted by molar-refractivity contribution is 0.114. The highest BCUT2D eigenvalue weighted by molar-refractivity contribution is 6.35. The Balaban J connectivity index is 2.20. The number of rotatable bonds is 4. The molecule has 1 unspecified atom stereocenters. The third kappa shape index (κ3) is 3.77. The summed E-state index contributed by atoms with van der Waals surface area (Å²) in [7, 11) is 1.33. The van der Waals surface area contributed by atoms with E-state index in [-0.39, 0.29) is 5.56 Å². The van der Waals surface area contributed by atoms with Crippen molar-refractivity contribution in [2.45, 2.75) is 13.0 Å². The van der Waals surface area contributed by atoms with Crippen LogP contribution in [0.1, 0.15) is 18.8 Å². The SMILES string of the molecule is CONC(=O)Nc1cccc(-n2c(C(C)N)nc3cccc(Cl)c3c2=O)c1. The Labute approximate surface area is 159 Å². The molecular formula is C18H18ClN5O3. The van der Waals surface area contributed by atoms with E-state index in [9.17, 15) is 9.59 Å². The Morgan fingerprint density at radius 1 is 1.30 bits per heavy atom. The molecule has 2 amide bonds. The van der Waals surface area contributed by atoms with Crippen LogP contribution in [-0.2, 0) is 4.84 Å². The van der Waals surface area contributed by atoms with E-state index in [0.29, 0.717) is 33.1 Å². The molecule has 1 heterocycles. The molecule has 140 valence electrons. The van der Waals surface area contributed by atoms with Crippen LogP contribution in [0.2, 0.25) is 5.02 Å². The summed E-state index contributed by atoms with van der Waals surface area (Å²) in [4.78, 5) is 33.9. The van der Waals surface area contributed by atoms with Gasteiger partial charge in [-0.2, -0.15) is 0 Å². The number of nitrogens with one attached hydrogen (secondary N) is 2. The minimum Gasteiger partial charge on any atom is -0.322 e. The van der Waals surface area contributed by atoms with Crippen molar-refractivity contribution in [1.29, 1.82) is 0 Å². The number of halogens is 1. The molecule has 3 aromatic rings. The molecule has 0 radical (unpaired) electrons. The van der Waals surface area contributed by atoms with E-state index in [2.05, 4.69) is 20.6 Å². The fourth-order valence-corrected chi connectivity index (χ4v) is 2.98. The average molecular weight is 388 g/mol. The van der Waals surface area contributed by atoms with Gasteiger partial charge in [-0.1, -0.05) is 23.7 Å². The van der Waals surface area contributed by atoms with Gasteiger partial charge in [0.2, 0.25) is 0 Å². The van der Waals surface area contributed by atoms with Crippen LogP contribution in [0.25, 0.3) is 16.6 Å². The van der Waals surface area contributed by atoms with Crippen molar-refractivity contribution in [2.75, 3.05) is 12.4 Å². The molecule has 9 heteroatoms. The van der Waals surface area contributed by atoms with E-state index in [1.54, 1.807) is 49.4 Å². The van der Waals surface area contributed by atoms with Gasteiger partial charge in [-0.15, -0.1) is 0 Å². The van der Waals surface area contributed by atoms with Crippen LogP contribution in [0.4, 0.5) is 10.5 Å². The number of aromatic nitrogens is 2. The highest BCUT2D eigenvalue weighted by Gasteiger charge is 2.17. The molecule has 0 spiro atoms. The first-order valence-electron chi connectivity index (χ1n) is 8.09. The zero-order valence-electron chi connectivity index (χ0n) is 14.7. The highest BCUT2D eigenvalue weighted by Crippen LogP contribution is 2.23. The quantitative estimate of drug-likeness (QED) is 0.596. The van der Waals surface area contributed by atoms with Crippen molar-refractivity contribution in [3.63, 3.8) is 0 Å². The normalized spacial score (nSPS) is 12.0. The van der Waals surface area contributed by atoms with Crippen molar-refractivity contribution in [2.24, 2.45) is 5.73 Å². The van der Waals surface area contributed by atoms with Crippen molar-refractivity contribution in [3.05, 3.63) is 63.7 Å². The van der Waals surface area contributed by atoms with Crippen LogP contribution in [0, 0.1) is 0 Å². The lowest BCUT2D eigenvalue weighted by atomic mass is 10.2. The Kier molecular flexibility index (Phi) is 5.41. The van der Waals surface area contributed by atoms with E-state index in [1.165, 1.54) is 11.7 Å². The fourth-order valence-electron chi connectivity index (χ4n) is 2.73. The summed E-state index contributed by atoms with van der Waals surface area (Å²) in [5.41, 5.74) is 9.31. The van der Waals surface area contributed by atoms with Crippen molar-refractivity contribution in [3.8, 4) is 5.69 Å². The topological polar surface area (TPSA) is 111 Å². The Bertz CT molecular complexity index is 1060. The molecular weight excluding hydrogens is 370 g/mol. The van der Waals surface area contributed by atoms with E-state index >= 15 is 0 Å². The first-order valence-corrected chi connectivity index (χ1v) is 8.47. The number of amides is 2. The van der Waals surface area contributed by atoms with Gasteiger partial charge in [0.15, 0.2) is 0 Å². The van der Waals surface area contributed by atoms with Gasteiger partial charge < -0.3 is 11.1 Å². The van der Waals surface area contributed by atoms with Gasteiger partial charge in [-0.05, 0) is 37.3 Å². The predicted molar refractivity (Wildman–Crippen MR) is 104 cm³/mol. The lowest BCUT2D eigenvalue weighted by Crippen LogP contribution is -2.29. The molecule has 1 atom stereocenters. The Morgan fingerprint density at radius 2 is 2.04 bits per heavy atom. The van der Waals surface area contributed by atoms with Crippen LogP contribution < -0.4 is 22.1 Å². The van der Waals surface area contributed by atoms with Gasteiger partial charge in [0.1, 0.15) is 5.82 Å². The maximum absolute atomic E-state index is 13.2. The molecule has 8 nitrogen and oxygen atoms in total. The Morgan fingerprint density at radius 3 is 2.74 bits per heavy atom. The number of nitrogens with zero attached hydrogens (tertiary/aromatic N) is 2. The average Bonchev–Trinajstić information content (AvgIpc) is 2.61. The Hall–Kier alpha value is -2.94. The van der Waals surface area contributed by atoms with Crippen LogP contribution in [0.5, 0.6) is 0 Å². The molecule has 27 heavy (non-hydrogen) atoms. The third-order valence-corrected chi connectivity index (χ3v) is 4.15. The summed E-state index contributed by atoms with van der Waals surface area (Å²) in [6.45, 7) is 1.74. The third-order valence-electron chi connectivity index (χ3n) is 3.84. The summed E-state index contributed by atoms with van der Waals surface area (Å²) < 4.78 is 1.40. The van der Waals surface area contributed by atoms with Crippen LogP contribution in [0.3, 0.4) is 0 Å². The number of carbonyl (C=O) groups is 1. The van der Waals surface area contributed by atoms with Gasteiger partial charge in [0.05, 0.1) is 34.8 Å². The molecule has 3 rings (SSSR count). The second-order valence-electron chi connectivity index (χ2n) is 5.84. The molecule has 0 aliphatic rings. The number of urea groups is 1. The standard InChI is InChI=1S/C18H18ClN5O3/c1-10(20)16-22-14-8-4-7-13(19)15(14)17(25)24(16)12-6-3-5-11(9-12)21-18(26)23-27-2/h3-10H,20H2,1-2H3,(H2,21,23,26). The van der Waals surface area contributed by atoms with E-state index in [0.717, 1.165) is 0 Å². The molecule has 0 aliphatic heterocycles. The van der Waals surface area contributed by atoms with Crippen LogP contribution in [-0.4, -0.2) is 22.7 Å². The van der Waals surface area contributed by atoms with E-state index in [4.69, 9.17) is 17.3 Å². The molecule has 0 fully saturated rings. The predicted octanol–water partition coefficient (Wildman–Crippen LogP) is 2.74. The fraction of sp³-hybridized carbons (Fsp3) is 0.167. The second kappa shape index (κ2) is 7.75. The number of carbonyl (C=O) groups excluding carboxylic acids is 1. The molecule has 0 saturated carbocycles. The molecule has 0 aliphatic carbocycles. The van der Waals surface area contributed by atoms with Crippen LogP contribution >= 0.6 is 11.6 Å². The highest BCUT2D eigenvalue weighted by atomic mass is 35.5. The molecule has 4 N–H and O–H groups in total. The smallest absolute Gasteiger partial charge is 0.322 e. The van der Waals surface area contributed by atoms with Crippen LogP contribution in [0.15, 0.2) is 47.3 Å². The van der Waals surface area contributed by atoms with Crippen molar-refractivity contribution >= 4 is 34.2 Å². The maximum atomic E-state index is 13.2. The first kappa shape index (κ1) is 18.8. The number of hydrogen-bond donors (Lipinski definition) is 3. The number of fused-ring (bicyclic) bond motifs is 1. The summed E-state index contributed by atoms with van der Waals surface area (Å²) in [5, 5.41) is 3.22. The first-order chi connectivity index (χ1) is 12.9. The van der Waals surface area contributed by atoms with E-state index in [1.807, 2.05) is 0 Å². The van der Waals surface area contributed by atoms with Crippen molar-refractivity contribution in [1.82, 2.24) is 15.0 Å². The van der Waals surface area contributed by atoms with Gasteiger partial charge in [-0.25, -0.2) is 15.3 Å². The molecule has 1 aromatic heterocycles. The summed E-state index contributed by atoms with van der Waals surface area (Å²) in [5.74, 6) is 0.383. The zero-order valence-corrected chi connectivity index (χ0v) is 15.4. The minimum absolute atomic E-state index is 0.305. The van der Waals surface area contributed by atoms with Gasteiger partial charge in [0.25, 0.3) is 5.56 Å². The summed E-state index contributed by atoms with van der Waals surface area (Å²) >= 11 is 6.22. The van der Waals surface area contributed by atoms with Gasteiger partial charge in [-0.3, -0.25) is 14.2 Å². The molecule has 0 bridgehead atoms. The number of nitrogens with two attached hydrogens (primary N) is 1. The van der Waals surface area contributed by atoms with E-state index < -0.39 is 12.1 Å².